The Balaban J connectivity index is 1.72. The van der Waals surface area contributed by atoms with Crippen molar-refractivity contribution in [2.24, 2.45) is 4.99 Å². The third-order valence-corrected chi connectivity index (χ3v) is 5.87. The first-order valence-corrected chi connectivity index (χ1v) is 9.63. The SMILES string of the molecule is Cc1nn(C2=[N+](C)C3C(=O)N(Cc4ccc(Cl)cc4)C(=O)N(C)C3=N2)c(C)c1C. The van der Waals surface area contributed by atoms with E-state index in [1.165, 1.54) is 9.80 Å². The fraction of sp³-hybridized carbons (Fsp3) is 0.350. The Morgan fingerprint density at radius 2 is 1.79 bits per heavy atom. The molecule has 3 heterocycles. The number of imide groups is 1. The molecule has 4 rings (SSSR count). The predicted octanol–water partition coefficient (Wildman–Crippen LogP) is 2.18. The molecule has 1 atom stereocenters. The van der Waals surface area contributed by atoms with Crippen LogP contribution in [0.25, 0.3) is 0 Å². The Kier molecular flexibility index (Phi) is 4.53. The molecule has 1 aromatic heterocycles. The van der Waals surface area contributed by atoms with Gasteiger partial charge in [0.15, 0.2) is 0 Å². The van der Waals surface area contributed by atoms with E-state index in [0.29, 0.717) is 16.8 Å². The van der Waals surface area contributed by atoms with Crippen LogP contribution in [0.1, 0.15) is 22.5 Å². The number of benzene rings is 1. The van der Waals surface area contributed by atoms with Crippen LogP contribution >= 0.6 is 11.6 Å². The van der Waals surface area contributed by atoms with Crippen molar-refractivity contribution < 1.29 is 14.2 Å². The molecular formula is C20H22ClN6O2+. The monoisotopic (exact) mass is 413 g/mol. The molecule has 150 valence electrons. The molecule has 1 saturated heterocycles. The standard InChI is InChI=1S/C20H22ClN6O2/c1-11-12(2)23-27(13(11)3)19-22-17-16(24(19)4)18(28)26(20(29)25(17)5)10-14-6-8-15(21)9-7-14/h6-9,16H,10H2,1-5H3/q+1. The van der Waals surface area contributed by atoms with Gasteiger partial charge in [-0.2, -0.15) is 0 Å². The third kappa shape index (κ3) is 2.95. The molecule has 3 amide bonds. The van der Waals surface area contributed by atoms with Gasteiger partial charge in [0.2, 0.25) is 11.9 Å². The highest BCUT2D eigenvalue weighted by atomic mass is 35.5. The highest BCUT2D eigenvalue weighted by molar-refractivity contribution is 6.30. The Morgan fingerprint density at radius 1 is 1.14 bits per heavy atom. The van der Waals surface area contributed by atoms with Crippen molar-refractivity contribution in [3.05, 3.63) is 51.8 Å². The number of urea groups is 1. The van der Waals surface area contributed by atoms with Crippen LogP contribution in [0.2, 0.25) is 5.02 Å². The van der Waals surface area contributed by atoms with Gasteiger partial charge in [-0.05, 0) is 38.5 Å². The molecule has 29 heavy (non-hydrogen) atoms. The molecule has 2 aromatic rings. The molecule has 0 radical (unpaired) electrons. The number of aryl methyl sites for hydroxylation is 1. The maximum absolute atomic E-state index is 13.3. The van der Waals surface area contributed by atoms with Crippen LogP contribution in [0.5, 0.6) is 0 Å². The number of amides is 3. The van der Waals surface area contributed by atoms with Crippen molar-refractivity contribution in [1.29, 1.82) is 0 Å². The van der Waals surface area contributed by atoms with Crippen molar-refractivity contribution in [3.63, 3.8) is 0 Å². The van der Waals surface area contributed by atoms with Crippen LogP contribution in [0.4, 0.5) is 4.79 Å². The number of aliphatic imine (C=N–C) groups is 1. The number of nitrogens with zero attached hydrogens (tertiary/aromatic N) is 6. The average Bonchev–Trinajstić information content (AvgIpc) is 3.16. The molecule has 0 aliphatic carbocycles. The minimum Gasteiger partial charge on any atom is -0.270 e. The summed E-state index contributed by atoms with van der Waals surface area (Å²) in [6.07, 6.45) is 0. The zero-order valence-electron chi connectivity index (χ0n) is 17.0. The van der Waals surface area contributed by atoms with E-state index >= 15 is 0 Å². The van der Waals surface area contributed by atoms with E-state index in [1.54, 1.807) is 47.6 Å². The maximum atomic E-state index is 13.3. The van der Waals surface area contributed by atoms with Gasteiger partial charge < -0.3 is 0 Å². The summed E-state index contributed by atoms with van der Waals surface area (Å²) in [4.78, 5) is 33.5. The number of aromatic nitrogens is 2. The normalized spacial score (nSPS) is 19.2. The minimum absolute atomic E-state index is 0.172. The van der Waals surface area contributed by atoms with Crippen LogP contribution in [0.15, 0.2) is 29.3 Å². The number of likely N-dealkylation sites (N-methyl/N-ethyl adjacent to an activating group) is 2. The minimum atomic E-state index is -0.677. The first-order chi connectivity index (χ1) is 13.7. The summed E-state index contributed by atoms with van der Waals surface area (Å²) in [5.41, 5.74) is 3.75. The molecule has 9 heteroatoms. The van der Waals surface area contributed by atoms with E-state index in [9.17, 15) is 9.59 Å². The van der Waals surface area contributed by atoms with Gasteiger partial charge in [-0.15, -0.1) is 9.78 Å². The molecule has 2 aliphatic heterocycles. The Hall–Kier alpha value is -3.00. The van der Waals surface area contributed by atoms with E-state index in [-0.39, 0.29) is 12.5 Å². The molecule has 1 aromatic carbocycles. The van der Waals surface area contributed by atoms with E-state index in [4.69, 9.17) is 11.6 Å². The average molecular weight is 414 g/mol. The van der Waals surface area contributed by atoms with Crippen LogP contribution in [-0.4, -0.2) is 68.0 Å². The van der Waals surface area contributed by atoms with Gasteiger partial charge in [-0.25, -0.2) is 9.37 Å². The molecule has 8 nitrogen and oxygen atoms in total. The number of hydrogen-bond donors (Lipinski definition) is 0. The summed E-state index contributed by atoms with van der Waals surface area (Å²) in [5, 5.41) is 5.16. The van der Waals surface area contributed by atoms with Gasteiger partial charge in [-0.3, -0.25) is 14.6 Å². The summed E-state index contributed by atoms with van der Waals surface area (Å²) in [7, 11) is 3.43. The second kappa shape index (κ2) is 6.81. The number of rotatable bonds is 2. The zero-order chi connectivity index (χ0) is 21.0. The van der Waals surface area contributed by atoms with Gasteiger partial charge in [0.25, 0.3) is 5.91 Å². The molecule has 1 fully saturated rings. The van der Waals surface area contributed by atoms with Crippen molar-refractivity contribution in [1.82, 2.24) is 19.6 Å². The lowest BCUT2D eigenvalue weighted by Crippen LogP contribution is -2.62. The van der Waals surface area contributed by atoms with Crippen molar-refractivity contribution in [2.45, 2.75) is 33.4 Å². The highest BCUT2D eigenvalue weighted by Gasteiger charge is 2.52. The largest absolute Gasteiger partial charge is 0.421 e. The Morgan fingerprint density at radius 3 is 2.38 bits per heavy atom. The zero-order valence-corrected chi connectivity index (χ0v) is 17.7. The van der Waals surface area contributed by atoms with Crippen molar-refractivity contribution >= 4 is 35.3 Å². The van der Waals surface area contributed by atoms with E-state index < -0.39 is 12.1 Å². The number of fused-ring (bicyclic) bond motifs is 1. The van der Waals surface area contributed by atoms with E-state index in [2.05, 4.69) is 10.1 Å². The number of amidine groups is 1. The fourth-order valence-corrected chi connectivity index (χ4v) is 3.74. The molecule has 1 unspecified atom stereocenters. The van der Waals surface area contributed by atoms with Gasteiger partial charge >= 0.3 is 12.0 Å². The highest BCUT2D eigenvalue weighted by Crippen LogP contribution is 2.23. The first-order valence-electron chi connectivity index (χ1n) is 9.25. The van der Waals surface area contributed by atoms with Gasteiger partial charge in [0.1, 0.15) is 5.69 Å². The summed E-state index contributed by atoms with van der Waals surface area (Å²) in [6, 6.07) is 6.02. The lowest BCUT2D eigenvalue weighted by atomic mass is 10.1. The second-order valence-electron chi connectivity index (χ2n) is 7.38. The fourth-order valence-electron chi connectivity index (χ4n) is 3.62. The number of carbonyl (C=O) groups is 2. The van der Waals surface area contributed by atoms with Crippen molar-refractivity contribution in [3.8, 4) is 0 Å². The topological polar surface area (TPSA) is 73.8 Å². The summed E-state index contributed by atoms with van der Waals surface area (Å²) in [6.45, 7) is 6.06. The third-order valence-electron chi connectivity index (χ3n) is 5.62. The van der Waals surface area contributed by atoms with E-state index in [0.717, 1.165) is 22.5 Å². The van der Waals surface area contributed by atoms with Crippen LogP contribution in [-0.2, 0) is 11.3 Å². The molecule has 0 N–H and O–H groups in total. The second-order valence-corrected chi connectivity index (χ2v) is 7.82. The Bertz CT molecular complexity index is 1100. The molecule has 2 aliphatic rings. The molecule has 0 bridgehead atoms. The molecule has 0 saturated carbocycles. The lowest BCUT2D eigenvalue weighted by Gasteiger charge is -2.33. The molecular weight excluding hydrogens is 392 g/mol. The first kappa shape index (κ1) is 19.3. The smallest absolute Gasteiger partial charge is 0.270 e. The number of hydrogen-bond acceptors (Lipinski definition) is 4. The predicted molar refractivity (Wildman–Crippen MR) is 109 cm³/mol. The summed E-state index contributed by atoms with van der Waals surface area (Å²) < 4.78 is 3.50. The van der Waals surface area contributed by atoms with Crippen LogP contribution < -0.4 is 0 Å². The summed E-state index contributed by atoms with van der Waals surface area (Å²) in [5.74, 6) is 0.632. The Labute approximate surface area is 173 Å². The van der Waals surface area contributed by atoms with E-state index in [1.807, 2.05) is 20.8 Å². The van der Waals surface area contributed by atoms with Crippen LogP contribution in [0, 0.1) is 20.8 Å². The van der Waals surface area contributed by atoms with Crippen LogP contribution in [0.3, 0.4) is 0 Å². The quantitative estimate of drug-likeness (QED) is 0.708. The summed E-state index contributed by atoms with van der Waals surface area (Å²) >= 11 is 5.94. The number of carbonyl (C=O) groups excluding carboxylic acids is 2. The van der Waals surface area contributed by atoms with Gasteiger partial charge in [-0.1, -0.05) is 28.7 Å². The molecule has 0 spiro atoms. The van der Waals surface area contributed by atoms with Crippen molar-refractivity contribution in [2.75, 3.05) is 14.1 Å². The maximum Gasteiger partial charge on any atom is 0.421 e. The van der Waals surface area contributed by atoms with Gasteiger partial charge in [0.05, 0.1) is 19.3 Å². The lowest BCUT2D eigenvalue weighted by molar-refractivity contribution is -0.507. The van der Waals surface area contributed by atoms with Gasteiger partial charge in [0, 0.05) is 17.6 Å². The number of halogens is 1.